The molecule has 0 unspecified atom stereocenters. The van der Waals surface area contributed by atoms with E-state index in [1.807, 2.05) is 6.07 Å². The van der Waals surface area contributed by atoms with Gasteiger partial charge in [0.05, 0.1) is 30.8 Å². The Kier molecular flexibility index (Phi) is 6.03. The van der Waals surface area contributed by atoms with Crippen LogP contribution >= 0.6 is 0 Å². The molecule has 0 aliphatic heterocycles. The lowest BCUT2D eigenvalue weighted by Gasteiger charge is -2.28. The summed E-state index contributed by atoms with van der Waals surface area (Å²) in [5.74, 6) is 1.40. The molecule has 5 rings (SSSR count). The second-order valence-corrected chi connectivity index (χ2v) is 8.54. The van der Waals surface area contributed by atoms with Gasteiger partial charge in [0, 0.05) is 24.9 Å². The highest BCUT2D eigenvalue weighted by Gasteiger charge is 2.23. The van der Waals surface area contributed by atoms with Gasteiger partial charge < -0.3 is 24.3 Å². The Hall–Kier alpha value is -3.34. The van der Waals surface area contributed by atoms with E-state index in [2.05, 4.69) is 30.2 Å². The zero-order chi connectivity index (χ0) is 23.8. The molecule has 0 radical (unpaired) electrons. The Morgan fingerprint density at radius 2 is 1.91 bits per heavy atom. The number of hydrogen-bond donors (Lipinski definition) is 2. The predicted molar refractivity (Wildman–Crippen MR) is 124 cm³/mol. The molecule has 0 spiro atoms. The number of aryl methyl sites for hydroxylation is 1. The van der Waals surface area contributed by atoms with Crippen molar-refractivity contribution in [3.63, 3.8) is 0 Å². The van der Waals surface area contributed by atoms with E-state index >= 15 is 0 Å². The monoisotopic (exact) mass is 471 g/mol. The fourth-order valence-electron chi connectivity index (χ4n) is 4.66. The lowest BCUT2D eigenvalue weighted by Crippen LogP contribution is -2.29. The molecular formula is C23H27F2N7O2. The van der Waals surface area contributed by atoms with E-state index < -0.39 is 13.0 Å². The molecule has 0 bridgehead atoms. The van der Waals surface area contributed by atoms with Crippen LogP contribution in [0.25, 0.3) is 33.5 Å². The maximum Gasteiger partial charge on any atom is 0.256 e. The van der Waals surface area contributed by atoms with Crippen LogP contribution in [-0.4, -0.2) is 62.3 Å². The Morgan fingerprint density at radius 1 is 1.12 bits per heavy atom. The summed E-state index contributed by atoms with van der Waals surface area (Å²) in [6, 6.07) is 3.86. The topological polar surface area (TPSA) is 103 Å². The summed E-state index contributed by atoms with van der Waals surface area (Å²) < 4.78 is 38.7. The van der Waals surface area contributed by atoms with Crippen LogP contribution in [0, 0.1) is 6.92 Å². The van der Waals surface area contributed by atoms with Gasteiger partial charge in [0.2, 0.25) is 11.8 Å². The van der Waals surface area contributed by atoms with Crippen LogP contribution in [0.15, 0.2) is 18.3 Å². The molecule has 1 saturated carbocycles. The van der Waals surface area contributed by atoms with Gasteiger partial charge in [-0.2, -0.15) is 9.97 Å². The van der Waals surface area contributed by atoms with Crippen molar-refractivity contribution in [1.82, 2.24) is 29.5 Å². The molecule has 11 heteroatoms. The number of anilines is 1. The molecule has 4 heterocycles. The molecule has 0 atom stereocenters. The van der Waals surface area contributed by atoms with Crippen LogP contribution in [0.1, 0.15) is 31.5 Å². The first-order valence-corrected chi connectivity index (χ1v) is 11.3. The standard InChI is InChI=1S/C23H27F2N7O2/c1-12-27-17-9-8-16(29-21(17)32(12)11-18(24)25)15-10-26-20-19(15)22(34-3)31-23(30-20)28-13-4-6-14(33-2)7-5-13/h8-10,13-14,18H,4-7,11H2,1-3H3,(H2,26,28,30,31)/t13-,14+. The number of imidazole rings is 1. The van der Waals surface area contributed by atoms with Gasteiger partial charge in [-0.3, -0.25) is 0 Å². The summed E-state index contributed by atoms with van der Waals surface area (Å²) in [7, 11) is 3.31. The lowest BCUT2D eigenvalue weighted by molar-refractivity contribution is 0.0681. The van der Waals surface area contributed by atoms with Gasteiger partial charge in [-0.15, -0.1) is 0 Å². The molecule has 180 valence electrons. The van der Waals surface area contributed by atoms with Crippen molar-refractivity contribution in [2.45, 2.75) is 57.7 Å². The fourth-order valence-corrected chi connectivity index (χ4v) is 4.66. The summed E-state index contributed by atoms with van der Waals surface area (Å²) >= 11 is 0. The van der Waals surface area contributed by atoms with Gasteiger partial charge >= 0.3 is 0 Å². The second kappa shape index (κ2) is 9.13. The van der Waals surface area contributed by atoms with E-state index in [0.29, 0.717) is 51.6 Å². The molecule has 9 nitrogen and oxygen atoms in total. The predicted octanol–water partition coefficient (Wildman–Crippen LogP) is 4.32. The van der Waals surface area contributed by atoms with Gasteiger partial charge in [0.1, 0.15) is 17.0 Å². The summed E-state index contributed by atoms with van der Waals surface area (Å²) in [5.41, 5.74) is 2.90. The summed E-state index contributed by atoms with van der Waals surface area (Å²) in [5, 5.41) is 4.10. The number of fused-ring (bicyclic) bond motifs is 2. The first kappa shape index (κ1) is 22.5. The van der Waals surface area contributed by atoms with Gasteiger partial charge in [-0.05, 0) is 44.7 Å². The fraction of sp³-hybridized carbons (Fsp3) is 0.478. The molecule has 1 fully saturated rings. The summed E-state index contributed by atoms with van der Waals surface area (Å²) in [6.45, 7) is 1.24. The van der Waals surface area contributed by atoms with Crippen molar-refractivity contribution in [3.05, 3.63) is 24.2 Å². The molecule has 4 aromatic heterocycles. The number of aromatic nitrogens is 6. The number of alkyl halides is 2. The van der Waals surface area contributed by atoms with Crippen LogP contribution < -0.4 is 10.1 Å². The average molecular weight is 472 g/mol. The number of hydrogen-bond acceptors (Lipinski definition) is 7. The van der Waals surface area contributed by atoms with Crippen molar-refractivity contribution in [3.8, 4) is 17.1 Å². The Balaban J connectivity index is 1.49. The number of rotatable bonds is 7. The molecule has 4 aromatic rings. The van der Waals surface area contributed by atoms with Gasteiger partial charge in [0.15, 0.2) is 5.65 Å². The smallest absolute Gasteiger partial charge is 0.256 e. The molecule has 0 saturated heterocycles. The molecular weight excluding hydrogens is 444 g/mol. The largest absolute Gasteiger partial charge is 0.480 e. The summed E-state index contributed by atoms with van der Waals surface area (Å²) in [6.07, 6.45) is 3.55. The third-order valence-electron chi connectivity index (χ3n) is 6.41. The van der Waals surface area contributed by atoms with Crippen LogP contribution in [0.4, 0.5) is 14.7 Å². The highest BCUT2D eigenvalue weighted by atomic mass is 19.3. The number of aromatic amines is 1. The van der Waals surface area contributed by atoms with Crippen LogP contribution in [0.5, 0.6) is 5.88 Å². The second-order valence-electron chi connectivity index (χ2n) is 8.54. The Labute approximate surface area is 194 Å². The zero-order valence-corrected chi connectivity index (χ0v) is 19.3. The maximum absolute atomic E-state index is 13.1. The maximum atomic E-state index is 13.1. The van der Waals surface area contributed by atoms with E-state index in [4.69, 9.17) is 9.47 Å². The molecule has 2 N–H and O–H groups in total. The minimum atomic E-state index is -2.50. The number of methoxy groups -OCH3 is 2. The number of ether oxygens (including phenoxy) is 2. The van der Waals surface area contributed by atoms with Crippen molar-refractivity contribution >= 4 is 28.1 Å². The highest BCUT2D eigenvalue weighted by molar-refractivity contribution is 5.97. The average Bonchev–Trinajstić information content (AvgIpc) is 3.39. The highest BCUT2D eigenvalue weighted by Crippen LogP contribution is 2.35. The van der Waals surface area contributed by atoms with Crippen molar-refractivity contribution < 1.29 is 18.3 Å². The number of nitrogens with zero attached hydrogens (tertiary/aromatic N) is 5. The van der Waals surface area contributed by atoms with E-state index in [1.54, 1.807) is 33.4 Å². The molecule has 1 aliphatic rings. The van der Waals surface area contributed by atoms with Gasteiger partial charge in [0.25, 0.3) is 6.43 Å². The van der Waals surface area contributed by atoms with E-state index in [9.17, 15) is 8.78 Å². The molecule has 0 amide bonds. The SMILES string of the molecule is COc1nc(N[C@H]2CC[C@@H](OC)CC2)nc2[nH]cc(-c3ccc4nc(C)n(CC(F)F)c4n3)c12. The van der Waals surface area contributed by atoms with Crippen LogP contribution in [-0.2, 0) is 11.3 Å². The molecule has 0 aromatic carbocycles. The lowest BCUT2D eigenvalue weighted by atomic mass is 9.93. The van der Waals surface area contributed by atoms with Gasteiger partial charge in [-0.1, -0.05) is 0 Å². The van der Waals surface area contributed by atoms with Crippen molar-refractivity contribution in [2.75, 3.05) is 19.5 Å². The quantitative estimate of drug-likeness (QED) is 0.414. The van der Waals surface area contributed by atoms with Gasteiger partial charge in [-0.25, -0.2) is 18.7 Å². The Morgan fingerprint density at radius 3 is 2.62 bits per heavy atom. The summed E-state index contributed by atoms with van der Waals surface area (Å²) in [4.78, 5) is 21.4. The number of pyridine rings is 1. The van der Waals surface area contributed by atoms with Crippen molar-refractivity contribution in [1.29, 1.82) is 0 Å². The zero-order valence-electron chi connectivity index (χ0n) is 19.3. The van der Waals surface area contributed by atoms with Crippen molar-refractivity contribution in [2.24, 2.45) is 0 Å². The third-order valence-corrected chi connectivity index (χ3v) is 6.41. The van der Waals surface area contributed by atoms with E-state index in [1.165, 1.54) is 4.57 Å². The Bertz CT molecular complexity index is 1310. The number of halogens is 2. The normalized spacial score (nSPS) is 18.8. The van der Waals surface area contributed by atoms with Crippen LogP contribution in [0.3, 0.4) is 0 Å². The molecule has 34 heavy (non-hydrogen) atoms. The minimum Gasteiger partial charge on any atom is -0.480 e. The van der Waals surface area contributed by atoms with E-state index in [0.717, 1.165) is 31.2 Å². The first-order valence-electron chi connectivity index (χ1n) is 11.3. The van der Waals surface area contributed by atoms with Crippen LogP contribution in [0.2, 0.25) is 0 Å². The van der Waals surface area contributed by atoms with E-state index in [-0.39, 0.29) is 6.04 Å². The first-order chi connectivity index (χ1) is 16.5. The minimum absolute atomic E-state index is 0.269. The third kappa shape index (κ3) is 4.15. The molecule has 1 aliphatic carbocycles. The number of nitrogens with one attached hydrogen (secondary N) is 2. The number of H-pyrrole nitrogens is 1.